The second kappa shape index (κ2) is 6.59. The molecule has 1 aromatic heterocycles. The van der Waals surface area contributed by atoms with Gasteiger partial charge in [-0.05, 0) is 71.3 Å². The highest BCUT2D eigenvalue weighted by Crippen LogP contribution is 2.29. The van der Waals surface area contributed by atoms with Gasteiger partial charge < -0.3 is 4.18 Å². The lowest BCUT2D eigenvalue weighted by molar-refractivity contribution is 0.486. The molecule has 0 aliphatic carbocycles. The molecule has 0 radical (unpaired) electrons. The molecule has 0 spiro atoms. The monoisotopic (exact) mass is 380 g/mol. The lowest BCUT2D eigenvalue weighted by Gasteiger charge is -2.08. The molecular weight excluding hydrogens is 364 g/mol. The Morgan fingerprint density at radius 2 is 1.50 bits per heavy atom. The molecule has 4 aromatic rings. The maximum absolute atomic E-state index is 12.4. The van der Waals surface area contributed by atoms with E-state index in [1.165, 1.54) is 10.1 Å². The first kappa shape index (κ1) is 16.8. The minimum absolute atomic E-state index is 0.148. The molecule has 4 rings (SSSR count). The van der Waals surface area contributed by atoms with Crippen LogP contribution in [0.2, 0.25) is 0 Å². The van der Waals surface area contributed by atoms with Crippen LogP contribution >= 0.6 is 11.3 Å². The smallest absolute Gasteiger partial charge is 0.339 e. The van der Waals surface area contributed by atoms with Crippen molar-refractivity contribution in [1.82, 2.24) is 0 Å². The second-order valence-electron chi connectivity index (χ2n) is 6.05. The lowest BCUT2D eigenvalue weighted by Crippen LogP contribution is -2.09. The van der Waals surface area contributed by atoms with Gasteiger partial charge in [-0.15, -0.1) is 11.3 Å². The third-order valence-electron chi connectivity index (χ3n) is 4.16. The Balaban J connectivity index is 1.58. The van der Waals surface area contributed by atoms with Gasteiger partial charge in [-0.25, -0.2) is 0 Å². The first-order chi connectivity index (χ1) is 12.5. The van der Waals surface area contributed by atoms with E-state index in [0.29, 0.717) is 5.75 Å². The molecule has 0 saturated carbocycles. The van der Waals surface area contributed by atoms with Gasteiger partial charge >= 0.3 is 10.1 Å². The van der Waals surface area contributed by atoms with Crippen molar-refractivity contribution in [3.63, 3.8) is 0 Å². The molecule has 5 heteroatoms. The summed E-state index contributed by atoms with van der Waals surface area (Å²) in [6.45, 7) is 1.91. The number of hydrogen-bond donors (Lipinski definition) is 0. The molecule has 0 atom stereocenters. The summed E-state index contributed by atoms with van der Waals surface area (Å²) in [5.41, 5.74) is 3.10. The number of benzene rings is 3. The van der Waals surface area contributed by atoms with Crippen molar-refractivity contribution in [2.75, 3.05) is 0 Å². The molecule has 0 saturated heterocycles. The predicted octanol–water partition coefficient (Wildman–Crippen LogP) is 5.64. The van der Waals surface area contributed by atoms with Crippen molar-refractivity contribution < 1.29 is 12.6 Å². The molecule has 3 aromatic carbocycles. The van der Waals surface area contributed by atoms with Crippen molar-refractivity contribution in [3.05, 3.63) is 83.7 Å². The zero-order chi connectivity index (χ0) is 18.1. The van der Waals surface area contributed by atoms with E-state index < -0.39 is 10.1 Å². The van der Waals surface area contributed by atoms with Crippen LogP contribution in [0.4, 0.5) is 0 Å². The quantitative estimate of drug-likeness (QED) is 0.430. The molecule has 0 aliphatic rings. The van der Waals surface area contributed by atoms with Crippen LogP contribution < -0.4 is 4.18 Å². The van der Waals surface area contributed by atoms with Gasteiger partial charge in [0.05, 0.1) is 0 Å². The number of thiophene rings is 1. The van der Waals surface area contributed by atoms with Crippen LogP contribution in [0.3, 0.4) is 0 Å². The summed E-state index contributed by atoms with van der Waals surface area (Å²) in [7, 11) is -3.83. The SMILES string of the molecule is Cc1ccc(S(=O)(=O)Oc2ccc(-c3ccc4sccc4c3)cc2)cc1. The third-order valence-corrected chi connectivity index (χ3v) is 6.31. The third kappa shape index (κ3) is 3.36. The van der Waals surface area contributed by atoms with Gasteiger partial charge in [-0.1, -0.05) is 35.9 Å². The van der Waals surface area contributed by atoms with Gasteiger partial charge in [0, 0.05) is 4.70 Å². The summed E-state index contributed by atoms with van der Waals surface area (Å²) >= 11 is 1.71. The molecule has 26 heavy (non-hydrogen) atoms. The largest absolute Gasteiger partial charge is 0.379 e. The topological polar surface area (TPSA) is 43.4 Å². The summed E-state index contributed by atoms with van der Waals surface area (Å²) in [4.78, 5) is 0.148. The van der Waals surface area contributed by atoms with E-state index in [2.05, 4.69) is 29.6 Å². The molecule has 0 N–H and O–H groups in total. The zero-order valence-corrected chi connectivity index (χ0v) is 15.7. The molecule has 3 nitrogen and oxygen atoms in total. The summed E-state index contributed by atoms with van der Waals surface area (Å²) in [5, 5.41) is 3.27. The van der Waals surface area contributed by atoms with Crippen LogP contribution in [0, 0.1) is 6.92 Å². The molecule has 0 aliphatic heterocycles. The van der Waals surface area contributed by atoms with Gasteiger partial charge in [0.1, 0.15) is 10.6 Å². The summed E-state index contributed by atoms with van der Waals surface area (Å²) < 4.78 is 31.2. The summed E-state index contributed by atoms with van der Waals surface area (Å²) in [5.74, 6) is 0.297. The van der Waals surface area contributed by atoms with Crippen LogP contribution in [-0.2, 0) is 10.1 Å². The van der Waals surface area contributed by atoms with Crippen LogP contribution in [0.25, 0.3) is 21.2 Å². The van der Waals surface area contributed by atoms with E-state index in [9.17, 15) is 8.42 Å². The Morgan fingerprint density at radius 3 is 2.23 bits per heavy atom. The molecule has 0 fully saturated rings. The fraction of sp³-hybridized carbons (Fsp3) is 0.0476. The van der Waals surface area contributed by atoms with Crippen LogP contribution in [-0.4, -0.2) is 8.42 Å². The van der Waals surface area contributed by atoms with Crippen LogP contribution in [0.15, 0.2) is 83.1 Å². The molecule has 0 bridgehead atoms. The Morgan fingerprint density at radius 1 is 0.808 bits per heavy atom. The number of hydrogen-bond acceptors (Lipinski definition) is 4. The highest BCUT2D eigenvalue weighted by molar-refractivity contribution is 7.87. The average Bonchev–Trinajstić information content (AvgIpc) is 3.10. The van der Waals surface area contributed by atoms with Crippen molar-refractivity contribution >= 4 is 31.5 Å². The fourth-order valence-corrected chi connectivity index (χ4v) is 4.43. The van der Waals surface area contributed by atoms with Crippen molar-refractivity contribution in [2.45, 2.75) is 11.8 Å². The maximum atomic E-state index is 12.4. The Bertz CT molecular complexity index is 1160. The lowest BCUT2D eigenvalue weighted by atomic mass is 10.0. The molecule has 130 valence electrons. The van der Waals surface area contributed by atoms with Gasteiger partial charge in [0.2, 0.25) is 0 Å². The van der Waals surface area contributed by atoms with E-state index in [4.69, 9.17) is 4.18 Å². The van der Waals surface area contributed by atoms with E-state index in [1.54, 1.807) is 47.7 Å². The normalized spacial score (nSPS) is 11.6. The Kier molecular flexibility index (Phi) is 4.26. The number of aryl methyl sites for hydroxylation is 1. The second-order valence-corrected chi connectivity index (χ2v) is 8.54. The molecule has 0 unspecified atom stereocenters. The standard InChI is InChI=1S/C21H16O3S2/c1-15-2-9-20(10-3-15)26(22,23)24-19-7-4-16(5-8-19)17-6-11-21-18(14-17)12-13-25-21/h2-14H,1H3. The van der Waals surface area contributed by atoms with Gasteiger partial charge in [-0.2, -0.15) is 8.42 Å². The van der Waals surface area contributed by atoms with E-state index >= 15 is 0 Å². The van der Waals surface area contributed by atoms with Gasteiger partial charge in [-0.3, -0.25) is 0 Å². The number of rotatable bonds is 4. The van der Waals surface area contributed by atoms with Gasteiger partial charge in [0.15, 0.2) is 0 Å². The predicted molar refractivity (Wildman–Crippen MR) is 106 cm³/mol. The Hall–Kier alpha value is -2.63. The fourth-order valence-electron chi connectivity index (χ4n) is 2.73. The van der Waals surface area contributed by atoms with Crippen LogP contribution in [0.1, 0.15) is 5.56 Å². The van der Waals surface area contributed by atoms with Gasteiger partial charge in [0.25, 0.3) is 0 Å². The molecule has 0 amide bonds. The minimum atomic E-state index is -3.83. The summed E-state index contributed by atoms with van der Waals surface area (Å²) in [6.07, 6.45) is 0. The maximum Gasteiger partial charge on any atom is 0.339 e. The van der Waals surface area contributed by atoms with Crippen molar-refractivity contribution in [2.24, 2.45) is 0 Å². The molecular formula is C21H16O3S2. The van der Waals surface area contributed by atoms with Crippen molar-refractivity contribution in [3.8, 4) is 16.9 Å². The Labute approximate surface area is 156 Å². The number of fused-ring (bicyclic) bond motifs is 1. The first-order valence-corrected chi connectivity index (χ1v) is 10.4. The molecule has 1 heterocycles. The minimum Gasteiger partial charge on any atom is -0.379 e. The van der Waals surface area contributed by atoms with Crippen molar-refractivity contribution in [1.29, 1.82) is 0 Å². The zero-order valence-electron chi connectivity index (χ0n) is 14.0. The van der Waals surface area contributed by atoms with Crippen LogP contribution in [0.5, 0.6) is 5.75 Å². The van der Waals surface area contributed by atoms with E-state index in [-0.39, 0.29) is 4.90 Å². The highest BCUT2D eigenvalue weighted by atomic mass is 32.2. The highest BCUT2D eigenvalue weighted by Gasteiger charge is 2.16. The van der Waals surface area contributed by atoms with E-state index in [1.807, 2.05) is 19.1 Å². The average molecular weight is 380 g/mol. The summed E-state index contributed by atoms with van der Waals surface area (Å²) in [6, 6.07) is 22.1. The van der Waals surface area contributed by atoms with E-state index in [0.717, 1.165) is 16.7 Å². The first-order valence-electron chi connectivity index (χ1n) is 8.10.